The molecule has 1 aliphatic heterocycles. The Morgan fingerprint density at radius 3 is 2.63 bits per heavy atom. The molecule has 0 radical (unpaired) electrons. The maximum atomic E-state index is 3.65. The zero-order chi connectivity index (χ0) is 13.7. The lowest BCUT2D eigenvalue weighted by molar-refractivity contribution is 0.190. The molecule has 2 nitrogen and oxygen atoms in total. The van der Waals surface area contributed by atoms with Gasteiger partial charge in [0.05, 0.1) is 0 Å². The normalized spacial score (nSPS) is 17.8. The van der Waals surface area contributed by atoms with Crippen molar-refractivity contribution in [2.45, 2.75) is 40.2 Å². The van der Waals surface area contributed by atoms with E-state index < -0.39 is 0 Å². The van der Waals surface area contributed by atoms with Gasteiger partial charge in [-0.15, -0.1) is 0 Å². The SMILES string of the molecule is CCN1CCC(CNCc2cc(C)ccc2C)CC1. The smallest absolute Gasteiger partial charge is 0.0208 e. The summed E-state index contributed by atoms with van der Waals surface area (Å²) in [5, 5.41) is 3.65. The summed E-state index contributed by atoms with van der Waals surface area (Å²) >= 11 is 0. The van der Waals surface area contributed by atoms with E-state index in [0.29, 0.717) is 0 Å². The average Bonchev–Trinajstić information content (AvgIpc) is 2.43. The number of nitrogens with one attached hydrogen (secondary N) is 1. The monoisotopic (exact) mass is 260 g/mol. The van der Waals surface area contributed by atoms with E-state index in [1.54, 1.807) is 0 Å². The van der Waals surface area contributed by atoms with Crippen LogP contribution < -0.4 is 5.32 Å². The van der Waals surface area contributed by atoms with E-state index in [4.69, 9.17) is 0 Å². The molecular weight excluding hydrogens is 232 g/mol. The fourth-order valence-electron chi connectivity index (χ4n) is 2.91. The Balaban J connectivity index is 1.73. The molecule has 0 aliphatic carbocycles. The Morgan fingerprint density at radius 1 is 1.21 bits per heavy atom. The third-order valence-electron chi connectivity index (χ3n) is 4.41. The fourth-order valence-corrected chi connectivity index (χ4v) is 2.91. The lowest BCUT2D eigenvalue weighted by Gasteiger charge is -2.31. The Morgan fingerprint density at radius 2 is 1.95 bits per heavy atom. The lowest BCUT2D eigenvalue weighted by Crippen LogP contribution is -2.37. The van der Waals surface area contributed by atoms with Gasteiger partial charge >= 0.3 is 0 Å². The Bertz CT molecular complexity index is 392. The summed E-state index contributed by atoms with van der Waals surface area (Å²) in [4.78, 5) is 2.56. The summed E-state index contributed by atoms with van der Waals surface area (Å²) in [5.74, 6) is 0.868. The van der Waals surface area contributed by atoms with Crippen LogP contribution in [0.3, 0.4) is 0 Å². The zero-order valence-corrected chi connectivity index (χ0v) is 12.7. The predicted octanol–water partition coefficient (Wildman–Crippen LogP) is 3.12. The molecule has 0 spiro atoms. The van der Waals surface area contributed by atoms with Crippen molar-refractivity contribution in [2.75, 3.05) is 26.2 Å². The number of piperidine rings is 1. The molecule has 1 N–H and O–H groups in total. The van der Waals surface area contributed by atoms with Crippen LogP contribution in [-0.4, -0.2) is 31.1 Å². The van der Waals surface area contributed by atoms with Gasteiger partial charge in [-0.2, -0.15) is 0 Å². The molecule has 0 unspecified atom stereocenters. The van der Waals surface area contributed by atoms with Gasteiger partial charge in [-0.05, 0) is 69.9 Å². The quantitative estimate of drug-likeness (QED) is 0.875. The van der Waals surface area contributed by atoms with Crippen molar-refractivity contribution in [1.82, 2.24) is 10.2 Å². The Labute approximate surface area is 118 Å². The highest BCUT2D eigenvalue weighted by Crippen LogP contribution is 2.16. The second-order valence-electron chi connectivity index (χ2n) is 5.94. The highest BCUT2D eigenvalue weighted by Gasteiger charge is 2.17. The van der Waals surface area contributed by atoms with Crippen molar-refractivity contribution in [3.63, 3.8) is 0 Å². The van der Waals surface area contributed by atoms with Gasteiger partial charge in [-0.25, -0.2) is 0 Å². The molecule has 0 amide bonds. The topological polar surface area (TPSA) is 15.3 Å². The van der Waals surface area contributed by atoms with Crippen LogP contribution in [0, 0.1) is 19.8 Å². The van der Waals surface area contributed by atoms with Crippen LogP contribution in [-0.2, 0) is 6.54 Å². The van der Waals surface area contributed by atoms with E-state index in [9.17, 15) is 0 Å². The minimum absolute atomic E-state index is 0.868. The van der Waals surface area contributed by atoms with E-state index in [1.165, 1.54) is 55.7 Å². The molecule has 19 heavy (non-hydrogen) atoms. The first kappa shape index (κ1) is 14.5. The summed E-state index contributed by atoms with van der Waals surface area (Å²) in [7, 11) is 0. The average molecular weight is 260 g/mol. The van der Waals surface area contributed by atoms with E-state index in [0.717, 1.165) is 12.5 Å². The fraction of sp³-hybridized carbons (Fsp3) is 0.647. The lowest BCUT2D eigenvalue weighted by atomic mass is 9.96. The van der Waals surface area contributed by atoms with Gasteiger partial charge in [0.25, 0.3) is 0 Å². The second-order valence-corrected chi connectivity index (χ2v) is 5.94. The highest BCUT2D eigenvalue weighted by atomic mass is 15.1. The molecule has 1 aromatic carbocycles. The van der Waals surface area contributed by atoms with Gasteiger partial charge in [0.15, 0.2) is 0 Å². The molecule has 0 bridgehead atoms. The van der Waals surface area contributed by atoms with Gasteiger partial charge in [0.1, 0.15) is 0 Å². The van der Waals surface area contributed by atoms with Crippen LogP contribution >= 0.6 is 0 Å². The minimum Gasteiger partial charge on any atom is -0.312 e. The molecule has 1 heterocycles. The van der Waals surface area contributed by atoms with Crippen molar-refractivity contribution < 1.29 is 0 Å². The van der Waals surface area contributed by atoms with E-state index in [-0.39, 0.29) is 0 Å². The van der Waals surface area contributed by atoms with Gasteiger partial charge < -0.3 is 10.2 Å². The standard InChI is InChI=1S/C17H28N2/c1-4-19-9-7-16(8-10-19)12-18-13-17-11-14(2)5-6-15(17)3/h5-6,11,16,18H,4,7-10,12-13H2,1-3H3. The molecule has 0 saturated carbocycles. The Hall–Kier alpha value is -0.860. The van der Waals surface area contributed by atoms with Crippen molar-refractivity contribution >= 4 is 0 Å². The van der Waals surface area contributed by atoms with Crippen LogP contribution in [0.15, 0.2) is 18.2 Å². The van der Waals surface area contributed by atoms with Crippen molar-refractivity contribution in [3.05, 3.63) is 34.9 Å². The van der Waals surface area contributed by atoms with Gasteiger partial charge in [0.2, 0.25) is 0 Å². The molecule has 1 aliphatic rings. The molecule has 1 fully saturated rings. The molecular formula is C17H28N2. The summed E-state index contributed by atoms with van der Waals surface area (Å²) < 4.78 is 0. The van der Waals surface area contributed by atoms with Crippen molar-refractivity contribution in [3.8, 4) is 0 Å². The van der Waals surface area contributed by atoms with Gasteiger partial charge in [-0.1, -0.05) is 30.7 Å². The van der Waals surface area contributed by atoms with E-state index in [2.05, 4.69) is 49.2 Å². The molecule has 1 aromatic rings. The Kier molecular flexibility index (Phi) is 5.41. The first-order chi connectivity index (χ1) is 9.19. The maximum absolute atomic E-state index is 3.65. The summed E-state index contributed by atoms with van der Waals surface area (Å²) in [5.41, 5.74) is 4.21. The third kappa shape index (κ3) is 4.32. The number of hydrogen-bond acceptors (Lipinski definition) is 2. The first-order valence-corrected chi connectivity index (χ1v) is 7.68. The van der Waals surface area contributed by atoms with E-state index in [1.807, 2.05) is 0 Å². The van der Waals surface area contributed by atoms with Crippen LogP contribution in [0.5, 0.6) is 0 Å². The molecule has 1 saturated heterocycles. The highest BCUT2D eigenvalue weighted by molar-refractivity contribution is 5.30. The number of hydrogen-bond donors (Lipinski definition) is 1. The van der Waals surface area contributed by atoms with Crippen LogP contribution in [0.4, 0.5) is 0 Å². The number of benzene rings is 1. The minimum atomic E-state index is 0.868. The number of aryl methyl sites for hydroxylation is 2. The number of nitrogens with zero attached hydrogens (tertiary/aromatic N) is 1. The summed E-state index contributed by atoms with van der Waals surface area (Å²) in [6, 6.07) is 6.73. The third-order valence-corrected chi connectivity index (χ3v) is 4.41. The zero-order valence-electron chi connectivity index (χ0n) is 12.7. The largest absolute Gasteiger partial charge is 0.312 e. The van der Waals surface area contributed by atoms with Gasteiger partial charge in [-0.3, -0.25) is 0 Å². The molecule has 2 rings (SSSR count). The number of rotatable bonds is 5. The molecule has 0 aromatic heterocycles. The van der Waals surface area contributed by atoms with Crippen molar-refractivity contribution in [1.29, 1.82) is 0 Å². The van der Waals surface area contributed by atoms with Gasteiger partial charge in [0, 0.05) is 6.54 Å². The first-order valence-electron chi connectivity index (χ1n) is 7.68. The second kappa shape index (κ2) is 7.06. The van der Waals surface area contributed by atoms with Crippen LogP contribution in [0.1, 0.15) is 36.5 Å². The van der Waals surface area contributed by atoms with E-state index >= 15 is 0 Å². The molecule has 106 valence electrons. The summed E-state index contributed by atoms with van der Waals surface area (Å²) in [6.07, 6.45) is 2.71. The van der Waals surface area contributed by atoms with Crippen LogP contribution in [0.25, 0.3) is 0 Å². The number of likely N-dealkylation sites (tertiary alicyclic amines) is 1. The molecule has 2 heteroatoms. The predicted molar refractivity (Wildman–Crippen MR) is 82.5 cm³/mol. The molecule has 0 atom stereocenters. The van der Waals surface area contributed by atoms with Crippen molar-refractivity contribution in [2.24, 2.45) is 5.92 Å². The van der Waals surface area contributed by atoms with Crippen LogP contribution in [0.2, 0.25) is 0 Å². The maximum Gasteiger partial charge on any atom is 0.0208 e. The summed E-state index contributed by atoms with van der Waals surface area (Å²) in [6.45, 7) is 12.6.